The van der Waals surface area contributed by atoms with E-state index in [2.05, 4.69) is 22.5 Å². The van der Waals surface area contributed by atoms with Crippen molar-refractivity contribution in [2.75, 3.05) is 20.6 Å². The first-order chi connectivity index (χ1) is 7.73. The van der Waals surface area contributed by atoms with Crippen LogP contribution in [-0.2, 0) is 12.7 Å². The lowest BCUT2D eigenvalue weighted by atomic mass is 10.3. The fraction of sp³-hybridized carbons (Fsp3) is 0.625. The summed E-state index contributed by atoms with van der Waals surface area (Å²) < 4.78 is 39.2. The Morgan fingerprint density at radius 3 is 2.47 bits per heavy atom. The van der Waals surface area contributed by atoms with Gasteiger partial charge in [0, 0.05) is 6.54 Å². The smallest absolute Gasteiger partial charge is 0.388 e. The van der Waals surface area contributed by atoms with E-state index in [9.17, 15) is 13.2 Å². The second kappa shape index (κ2) is 4.96. The first-order valence-corrected chi connectivity index (χ1v) is 5.09. The van der Waals surface area contributed by atoms with Gasteiger partial charge in [-0.25, -0.2) is 4.68 Å². The molecule has 0 aliphatic rings. The SMILES string of the molecule is CN(C)CCn1nnc(C(N)=S)c1C(F)(F)F. The average molecular weight is 267 g/mol. The highest BCUT2D eigenvalue weighted by Crippen LogP contribution is 2.30. The van der Waals surface area contributed by atoms with Crippen LogP contribution < -0.4 is 5.73 Å². The van der Waals surface area contributed by atoms with Crippen molar-refractivity contribution in [3.05, 3.63) is 11.4 Å². The number of hydrogen-bond acceptors (Lipinski definition) is 4. The van der Waals surface area contributed by atoms with E-state index >= 15 is 0 Å². The normalized spacial score (nSPS) is 12.1. The molecule has 0 aromatic carbocycles. The standard InChI is InChI=1S/C8H12F3N5S/c1-15(2)3-4-16-6(8(9,10)11)5(7(12)17)13-14-16/h3-4H2,1-2H3,(H2,12,17). The van der Waals surface area contributed by atoms with E-state index in [-0.39, 0.29) is 6.54 Å². The van der Waals surface area contributed by atoms with Crippen LogP contribution in [0.5, 0.6) is 0 Å². The van der Waals surface area contributed by atoms with Gasteiger partial charge in [-0.15, -0.1) is 5.10 Å². The molecule has 1 heterocycles. The monoisotopic (exact) mass is 267 g/mol. The Kier molecular flexibility index (Phi) is 4.04. The summed E-state index contributed by atoms with van der Waals surface area (Å²) in [5, 5.41) is 6.80. The number of nitrogens with two attached hydrogens (primary N) is 1. The molecule has 0 saturated carbocycles. The second-order valence-electron chi connectivity index (χ2n) is 3.68. The maximum absolute atomic E-state index is 12.8. The maximum Gasteiger partial charge on any atom is 0.435 e. The Labute approximate surface area is 101 Å². The zero-order valence-electron chi connectivity index (χ0n) is 9.32. The lowest BCUT2D eigenvalue weighted by Gasteiger charge is -2.13. The van der Waals surface area contributed by atoms with Crippen molar-refractivity contribution in [1.82, 2.24) is 19.9 Å². The van der Waals surface area contributed by atoms with Crippen molar-refractivity contribution in [3.8, 4) is 0 Å². The van der Waals surface area contributed by atoms with E-state index in [4.69, 9.17) is 5.73 Å². The van der Waals surface area contributed by atoms with Crippen molar-refractivity contribution in [2.24, 2.45) is 5.73 Å². The molecule has 0 amide bonds. The number of nitrogens with zero attached hydrogens (tertiary/aromatic N) is 4. The predicted molar refractivity (Wildman–Crippen MR) is 59.5 cm³/mol. The van der Waals surface area contributed by atoms with Crippen molar-refractivity contribution in [1.29, 1.82) is 0 Å². The van der Waals surface area contributed by atoms with E-state index in [0.29, 0.717) is 6.54 Å². The number of hydrogen-bond donors (Lipinski definition) is 1. The van der Waals surface area contributed by atoms with Crippen LogP contribution >= 0.6 is 12.2 Å². The summed E-state index contributed by atoms with van der Waals surface area (Å²) in [6.07, 6.45) is -4.57. The minimum atomic E-state index is -4.57. The molecular weight excluding hydrogens is 255 g/mol. The van der Waals surface area contributed by atoms with E-state index in [0.717, 1.165) is 4.68 Å². The molecular formula is C8H12F3N5S. The van der Waals surface area contributed by atoms with Crippen molar-refractivity contribution >= 4 is 17.2 Å². The van der Waals surface area contributed by atoms with Gasteiger partial charge in [0.15, 0.2) is 11.4 Å². The first-order valence-electron chi connectivity index (χ1n) is 4.68. The summed E-state index contributed by atoms with van der Waals surface area (Å²) in [6, 6.07) is 0. The van der Waals surface area contributed by atoms with Gasteiger partial charge in [-0.3, -0.25) is 0 Å². The van der Waals surface area contributed by atoms with Gasteiger partial charge >= 0.3 is 6.18 Å². The maximum atomic E-state index is 12.8. The van der Waals surface area contributed by atoms with E-state index < -0.39 is 22.6 Å². The molecule has 1 aromatic rings. The zero-order valence-corrected chi connectivity index (χ0v) is 10.1. The fourth-order valence-electron chi connectivity index (χ4n) is 1.21. The number of thiocarbonyl (C=S) groups is 1. The minimum absolute atomic E-state index is 0.0669. The molecule has 0 fully saturated rings. The molecule has 0 spiro atoms. The Morgan fingerprint density at radius 2 is 2.06 bits per heavy atom. The van der Waals surface area contributed by atoms with Crippen molar-refractivity contribution in [3.63, 3.8) is 0 Å². The van der Waals surface area contributed by atoms with Crippen LogP contribution in [0.3, 0.4) is 0 Å². The van der Waals surface area contributed by atoms with Crippen LogP contribution in [0.1, 0.15) is 11.4 Å². The van der Waals surface area contributed by atoms with Crippen LogP contribution in [0.2, 0.25) is 0 Å². The number of rotatable bonds is 4. The van der Waals surface area contributed by atoms with E-state index in [1.807, 2.05) is 0 Å². The third-order valence-electron chi connectivity index (χ3n) is 2.00. The van der Waals surface area contributed by atoms with Gasteiger partial charge in [0.1, 0.15) is 4.99 Å². The van der Waals surface area contributed by atoms with Crippen LogP contribution in [0.25, 0.3) is 0 Å². The molecule has 0 unspecified atom stereocenters. The number of aromatic nitrogens is 3. The molecule has 5 nitrogen and oxygen atoms in total. The summed E-state index contributed by atoms with van der Waals surface area (Å²) in [6.45, 7) is 0.473. The largest absolute Gasteiger partial charge is 0.435 e. The Hall–Kier alpha value is -1.22. The van der Waals surface area contributed by atoms with E-state index in [1.54, 1.807) is 19.0 Å². The van der Waals surface area contributed by atoms with Gasteiger partial charge in [-0.1, -0.05) is 17.4 Å². The van der Waals surface area contributed by atoms with E-state index in [1.165, 1.54) is 0 Å². The Bertz CT molecular complexity index is 412. The molecule has 0 bridgehead atoms. The van der Waals surface area contributed by atoms with Gasteiger partial charge in [-0.05, 0) is 14.1 Å². The molecule has 2 N–H and O–H groups in total. The summed E-state index contributed by atoms with van der Waals surface area (Å²) in [5.74, 6) is 0. The second-order valence-corrected chi connectivity index (χ2v) is 4.11. The van der Waals surface area contributed by atoms with Gasteiger partial charge < -0.3 is 10.6 Å². The summed E-state index contributed by atoms with van der Waals surface area (Å²) in [4.78, 5) is 1.33. The van der Waals surface area contributed by atoms with Crippen LogP contribution in [0.4, 0.5) is 13.2 Å². The zero-order chi connectivity index (χ0) is 13.2. The molecule has 0 atom stereocenters. The van der Waals surface area contributed by atoms with Gasteiger partial charge in [0.05, 0.1) is 6.54 Å². The van der Waals surface area contributed by atoms with Crippen LogP contribution in [0, 0.1) is 0 Å². The summed E-state index contributed by atoms with van der Waals surface area (Å²) in [5.41, 5.74) is 3.71. The van der Waals surface area contributed by atoms with Crippen LogP contribution in [-0.4, -0.2) is 45.5 Å². The fourth-order valence-corrected chi connectivity index (χ4v) is 1.35. The molecule has 1 rings (SSSR count). The number of alkyl halides is 3. The topological polar surface area (TPSA) is 60.0 Å². The van der Waals surface area contributed by atoms with Gasteiger partial charge in [-0.2, -0.15) is 13.2 Å². The third kappa shape index (κ3) is 3.37. The average Bonchev–Trinajstić information content (AvgIpc) is 2.57. The molecule has 0 aliphatic carbocycles. The Balaban J connectivity index is 3.10. The molecule has 96 valence electrons. The molecule has 0 radical (unpaired) electrons. The van der Waals surface area contributed by atoms with Gasteiger partial charge in [0.2, 0.25) is 0 Å². The lowest BCUT2D eigenvalue weighted by Crippen LogP contribution is -2.25. The molecule has 9 heteroatoms. The highest BCUT2D eigenvalue weighted by molar-refractivity contribution is 7.80. The molecule has 0 saturated heterocycles. The quantitative estimate of drug-likeness (QED) is 0.805. The molecule has 0 aliphatic heterocycles. The lowest BCUT2D eigenvalue weighted by molar-refractivity contribution is -0.144. The summed E-state index contributed by atoms with van der Waals surface area (Å²) in [7, 11) is 3.50. The molecule has 17 heavy (non-hydrogen) atoms. The Morgan fingerprint density at radius 1 is 1.47 bits per heavy atom. The number of halogens is 3. The van der Waals surface area contributed by atoms with Crippen molar-refractivity contribution in [2.45, 2.75) is 12.7 Å². The third-order valence-corrected chi connectivity index (χ3v) is 2.19. The highest BCUT2D eigenvalue weighted by atomic mass is 32.1. The minimum Gasteiger partial charge on any atom is -0.388 e. The van der Waals surface area contributed by atoms with Gasteiger partial charge in [0.25, 0.3) is 0 Å². The first kappa shape index (κ1) is 13.8. The predicted octanol–water partition coefficient (Wildman–Crippen LogP) is 0.493. The highest BCUT2D eigenvalue weighted by Gasteiger charge is 2.40. The van der Waals surface area contributed by atoms with Crippen LogP contribution in [0.15, 0.2) is 0 Å². The van der Waals surface area contributed by atoms with Crippen molar-refractivity contribution < 1.29 is 13.2 Å². The molecule has 1 aromatic heterocycles. The number of likely N-dealkylation sites (N-methyl/N-ethyl adjacent to an activating group) is 1. The summed E-state index contributed by atoms with van der Waals surface area (Å²) >= 11 is 4.52.